The van der Waals surface area contributed by atoms with Gasteiger partial charge in [0.1, 0.15) is 0 Å². The number of nitrogens with one attached hydrogen (secondary N) is 1. The Morgan fingerprint density at radius 1 is 0.500 bits per heavy atom. The summed E-state index contributed by atoms with van der Waals surface area (Å²) in [5.41, 5.74) is 0. The Morgan fingerprint density at radius 3 is 1.43 bits per heavy atom. The molecule has 2 unspecified atom stereocenters. The number of aliphatic hydroxyl groups is 2. The molecule has 0 saturated heterocycles. The zero-order valence-electron chi connectivity index (χ0n) is 36.8. The molecule has 0 rings (SSSR count). The van der Waals surface area contributed by atoms with E-state index in [4.69, 9.17) is 4.74 Å². The highest BCUT2D eigenvalue weighted by molar-refractivity contribution is 5.76. The van der Waals surface area contributed by atoms with Crippen molar-refractivity contribution in [2.75, 3.05) is 13.2 Å². The summed E-state index contributed by atoms with van der Waals surface area (Å²) in [6.45, 7) is 4.78. The molecule has 6 heteroatoms. The Bertz CT molecular complexity index is 957. The van der Waals surface area contributed by atoms with Crippen LogP contribution in [0.5, 0.6) is 0 Å². The van der Waals surface area contributed by atoms with Crippen molar-refractivity contribution >= 4 is 11.9 Å². The Hall–Kier alpha value is -2.18. The van der Waals surface area contributed by atoms with Gasteiger partial charge in [0.2, 0.25) is 5.91 Å². The third-order valence-corrected chi connectivity index (χ3v) is 10.6. The first-order valence-electron chi connectivity index (χ1n) is 23.9. The van der Waals surface area contributed by atoms with Crippen LogP contribution in [0.4, 0.5) is 0 Å². The summed E-state index contributed by atoms with van der Waals surface area (Å²) in [5, 5.41) is 22.9. The normalized spacial score (nSPS) is 13.1. The van der Waals surface area contributed by atoms with Crippen molar-refractivity contribution in [1.82, 2.24) is 5.32 Å². The summed E-state index contributed by atoms with van der Waals surface area (Å²) in [5.74, 6) is -0.117. The predicted molar refractivity (Wildman–Crippen MR) is 241 cm³/mol. The van der Waals surface area contributed by atoms with Crippen LogP contribution in [0, 0.1) is 0 Å². The minimum atomic E-state index is -0.854. The highest BCUT2D eigenvalue weighted by Gasteiger charge is 2.18. The van der Waals surface area contributed by atoms with Gasteiger partial charge in [-0.05, 0) is 89.9 Å². The number of aliphatic hydroxyl groups excluding tert-OH is 2. The molecule has 1 amide bonds. The predicted octanol–water partition coefficient (Wildman–Crippen LogP) is 13.9. The summed E-state index contributed by atoms with van der Waals surface area (Å²) >= 11 is 0. The monoisotopic (exact) mass is 786 g/mol. The van der Waals surface area contributed by atoms with Gasteiger partial charge >= 0.3 is 5.97 Å². The molecule has 0 spiro atoms. The van der Waals surface area contributed by atoms with Crippen LogP contribution in [0.1, 0.15) is 232 Å². The number of allylic oxidation sites excluding steroid dienone is 7. The lowest BCUT2D eigenvalue weighted by atomic mass is 10.1. The molecule has 0 aromatic rings. The SMILES string of the molecule is CCCC/C=C\CCCCCCCC(=O)OCCCCC/C=C\C/C=C\CCCCCCCCCC(=O)NC(CO)C(O)/C=C/CCCCCCCCCCC. The number of hydrogen-bond acceptors (Lipinski definition) is 5. The Kier molecular flexibility index (Phi) is 43.7. The maximum atomic E-state index is 12.4. The van der Waals surface area contributed by atoms with Crippen molar-refractivity contribution in [3.63, 3.8) is 0 Å². The van der Waals surface area contributed by atoms with Gasteiger partial charge in [0.05, 0.1) is 25.4 Å². The number of rotatable bonds is 43. The van der Waals surface area contributed by atoms with E-state index in [1.54, 1.807) is 6.08 Å². The number of ether oxygens (including phenoxy) is 1. The number of carbonyl (C=O) groups excluding carboxylic acids is 2. The van der Waals surface area contributed by atoms with Crippen molar-refractivity contribution in [3.8, 4) is 0 Å². The standard InChI is InChI=1S/C50H91NO5/c1-3-5-7-9-11-13-22-26-30-34-38-42-48(53)47(46-52)51-49(54)43-39-35-31-27-24-20-18-16-15-17-19-21-25-29-33-37-41-45-56-50(55)44-40-36-32-28-23-14-12-10-8-6-4-2/h10,12,15,17,21,25,38,42,47-48,52-53H,3-9,11,13-14,16,18-20,22-24,26-37,39-41,43-46H2,1-2H3,(H,51,54)/b12-10-,17-15-,25-21-,42-38+. The molecule has 0 aromatic carbocycles. The summed E-state index contributed by atoms with van der Waals surface area (Å²) < 4.78 is 5.41. The molecule has 0 aliphatic carbocycles. The van der Waals surface area contributed by atoms with Crippen LogP contribution in [0.25, 0.3) is 0 Å². The largest absolute Gasteiger partial charge is 0.466 e. The molecule has 0 aliphatic heterocycles. The molecule has 0 saturated carbocycles. The van der Waals surface area contributed by atoms with Crippen molar-refractivity contribution in [2.24, 2.45) is 0 Å². The van der Waals surface area contributed by atoms with Crippen LogP contribution >= 0.6 is 0 Å². The first-order chi connectivity index (χ1) is 27.5. The van der Waals surface area contributed by atoms with E-state index >= 15 is 0 Å². The first-order valence-corrected chi connectivity index (χ1v) is 23.9. The van der Waals surface area contributed by atoms with Crippen LogP contribution in [-0.2, 0) is 14.3 Å². The minimum absolute atomic E-state index is 0.0289. The van der Waals surface area contributed by atoms with Gasteiger partial charge < -0.3 is 20.3 Å². The number of hydrogen-bond donors (Lipinski definition) is 3. The quantitative estimate of drug-likeness (QED) is 0.0325. The van der Waals surface area contributed by atoms with Gasteiger partial charge in [-0.15, -0.1) is 0 Å². The van der Waals surface area contributed by atoms with Crippen LogP contribution in [-0.4, -0.2) is 47.4 Å². The zero-order valence-corrected chi connectivity index (χ0v) is 36.8. The van der Waals surface area contributed by atoms with Gasteiger partial charge in [-0.25, -0.2) is 0 Å². The highest BCUT2D eigenvalue weighted by atomic mass is 16.5. The Labute approximate surface area is 346 Å². The fourth-order valence-electron chi connectivity index (χ4n) is 6.82. The molecule has 326 valence electrons. The van der Waals surface area contributed by atoms with E-state index in [1.165, 1.54) is 122 Å². The van der Waals surface area contributed by atoms with Gasteiger partial charge in [-0.2, -0.15) is 0 Å². The molecule has 0 radical (unpaired) electrons. The van der Waals surface area contributed by atoms with Gasteiger partial charge in [0.15, 0.2) is 0 Å². The van der Waals surface area contributed by atoms with E-state index in [0.717, 1.165) is 83.5 Å². The Morgan fingerprint density at radius 2 is 0.911 bits per heavy atom. The molecule has 0 heterocycles. The van der Waals surface area contributed by atoms with Crippen LogP contribution in [0.3, 0.4) is 0 Å². The number of unbranched alkanes of at least 4 members (excludes halogenated alkanes) is 26. The highest BCUT2D eigenvalue weighted by Crippen LogP contribution is 2.13. The molecule has 2 atom stereocenters. The average Bonchev–Trinajstić information content (AvgIpc) is 3.20. The topological polar surface area (TPSA) is 95.9 Å². The van der Waals surface area contributed by atoms with E-state index in [-0.39, 0.29) is 18.5 Å². The molecule has 0 fully saturated rings. The van der Waals surface area contributed by atoms with E-state index in [0.29, 0.717) is 19.4 Å². The van der Waals surface area contributed by atoms with E-state index in [1.807, 2.05) is 6.08 Å². The molecule has 3 N–H and O–H groups in total. The number of carbonyl (C=O) groups is 2. The second-order valence-electron chi connectivity index (χ2n) is 16.1. The third-order valence-electron chi connectivity index (χ3n) is 10.6. The van der Waals surface area contributed by atoms with Crippen LogP contribution in [0.2, 0.25) is 0 Å². The van der Waals surface area contributed by atoms with Gasteiger partial charge in [0.25, 0.3) is 0 Å². The molecular weight excluding hydrogens is 695 g/mol. The molecule has 56 heavy (non-hydrogen) atoms. The maximum absolute atomic E-state index is 12.4. The van der Waals surface area contributed by atoms with E-state index < -0.39 is 12.1 Å². The van der Waals surface area contributed by atoms with E-state index in [9.17, 15) is 19.8 Å². The van der Waals surface area contributed by atoms with Gasteiger partial charge in [0, 0.05) is 12.8 Å². The zero-order chi connectivity index (χ0) is 40.8. The van der Waals surface area contributed by atoms with Gasteiger partial charge in [-0.3, -0.25) is 9.59 Å². The fraction of sp³-hybridized carbons (Fsp3) is 0.800. The Balaban J connectivity index is 3.55. The van der Waals surface area contributed by atoms with Gasteiger partial charge in [-0.1, -0.05) is 178 Å². The first kappa shape index (κ1) is 53.8. The van der Waals surface area contributed by atoms with Crippen LogP contribution in [0.15, 0.2) is 48.6 Å². The third kappa shape index (κ3) is 41.5. The summed E-state index contributed by atoms with van der Waals surface area (Å²) in [7, 11) is 0. The number of amides is 1. The van der Waals surface area contributed by atoms with E-state index in [2.05, 4.69) is 55.6 Å². The average molecular weight is 786 g/mol. The molecule has 0 aromatic heterocycles. The molecule has 0 aliphatic rings. The smallest absolute Gasteiger partial charge is 0.305 e. The summed E-state index contributed by atoms with van der Waals surface area (Å²) in [6.07, 6.45) is 55.3. The number of esters is 1. The minimum Gasteiger partial charge on any atom is -0.466 e. The molecular formula is C50H91NO5. The second kappa shape index (κ2) is 45.5. The van der Waals surface area contributed by atoms with Crippen molar-refractivity contribution in [3.05, 3.63) is 48.6 Å². The lowest BCUT2D eigenvalue weighted by Crippen LogP contribution is -2.45. The van der Waals surface area contributed by atoms with Crippen molar-refractivity contribution in [1.29, 1.82) is 0 Å². The lowest BCUT2D eigenvalue weighted by molar-refractivity contribution is -0.143. The fourth-order valence-corrected chi connectivity index (χ4v) is 6.82. The summed E-state index contributed by atoms with van der Waals surface area (Å²) in [4.78, 5) is 24.3. The summed E-state index contributed by atoms with van der Waals surface area (Å²) in [6, 6.07) is -0.639. The van der Waals surface area contributed by atoms with Crippen molar-refractivity contribution in [2.45, 2.75) is 244 Å². The molecule has 0 bridgehead atoms. The second-order valence-corrected chi connectivity index (χ2v) is 16.1. The lowest BCUT2D eigenvalue weighted by Gasteiger charge is -2.20. The van der Waals surface area contributed by atoms with Crippen LogP contribution < -0.4 is 5.32 Å². The maximum Gasteiger partial charge on any atom is 0.305 e. The molecule has 6 nitrogen and oxygen atoms in total. The van der Waals surface area contributed by atoms with Crippen molar-refractivity contribution < 1.29 is 24.5 Å².